The minimum Gasteiger partial charge on any atom is -0.370 e. The zero-order chi connectivity index (χ0) is 21.5. The summed E-state index contributed by atoms with van der Waals surface area (Å²) in [5, 5.41) is 4.29. The molecule has 1 aliphatic rings. The van der Waals surface area contributed by atoms with Gasteiger partial charge in [-0.15, -0.1) is 0 Å². The topological polar surface area (TPSA) is 63.1 Å². The van der Waals surface area contributed by atoms with Gasteiger partial charge in [0.2, 0.25) is 0 Å². The second-order valence-corrected chi connectivity index (χ2v) is 7.31. The highest BCUT2D eigenvalue weighted by Crippen LogP contribution is 2.25. The van der Waals surface area contributed by atoms with Crippen LogP contribution >= 0.6 is 0 Å². The van der Waals surface area contributed by atoms with E-state index in [0.29, 0.717) is 0 Å². The lowest BCUT2D eigenvalue weighted by Gasteiger charge is -2.15. The van der Waals surface area contributed by atoms with E-state index in [-0.39, 0.29) is 5.91 Å². The predicted molar refractivity (Wildman–Crippen MR) is 124 cm³/mol. The smallest absolute Gasteiger partial charge is 0.255 e. The van der Waals surface area contributed by atoms with Crippen molar-refractivity contribution in [1.82, 2.24) is 19.4 Å². The second-order valence-electron chi connectivity index (χ2n) is 7.31. The SMILES string of the molecule is CC.CCCc1cn(-c2ccc3ncnc(NCC)c3c2)cc1C(=O)N1CCCC1. The molecule has 0 aliphatic carbocycles. The number of carbonyl (C=O) groups is 1. The lowest BCUT2D eigenvalue weighted by Crippen LogP contribution is -2.28. The third-order valence-electron chi connectivity index (χ3n) is 5.31. The van der Waals surface area contributed by atoms with Crippen LogP contribution in [0, 0.1) is 0 Å². The molecule has 0 spiro atoms. The quantitative estimate of drug-likeness (QED) is 0.620. The van der Waals surface area contributed by atoms with Crippen LogP contribution in [0.1, 0.15) is 62.9 Å². The van der Waals surface area contributed by atoms with Gasteiger partial charge < -0.3 is 14.8 Å². The van der Waals surface area contributed by atoms with Crippen molar-refractivity contribution in [2.75, 3.05) is 25.0 Å². The van der Waals surface area contributed by atoms with E-state index in [2.05, 4.69) is 46.0 Å². The van der Waals surface area contributed by atoms with Crippen LogP contribution in [0.2, 0.25) is 0 Å². The van der Waals surface area contributed by atoms with E-state index in [1.54, 1.807) is 6.33 Å². The highest BCUT2D eigenvalue weighted by Gasteiger charge is 2.23. The third kappa shape index (κ3) is 4.48. The molecule has 3 aromatic rings. The molecular weight excluding hydrogens is 374 g/mol. The first-order chi connectivity index (χ1) is 14.7. The zero-order valence-corrected chi connectivity index (χ0v) is 18.6. The Hall–Kier alpha value is -2.89. The number of hydrogen-bond acceptors (Lipinski definition) is 4. The van der Waals surface area contributed by atoms with E-state index < -0.39 is 0 Å². The number of fused-ring (bicyclic) bond motifs is 1. The van der Waals surface area contributed by atoms with Gasteiger partial charge in [-0.25, -0.2) is 9.97 Å². The van der Waals surface area contributed by atoms with Crippen molar-refractivity contribution in [2.24, 2.45) is 0 Å². The Balaban J connectivity index is 0.00000124. The van der Waals surface area contributed by atoms with Gasteiger partial charge in [0, 0.05) is 43.1 Å². The predicted octanol–water partition coefficient (Wildman–Crippen LogP) is 5.07. The van der Waals surface area contributed by atoms with Gasteiger partial charge in [0.1, 0.15) is 12.1 Å². The van der Waals surface area contributed by atoms with Crippen molar-refractivity contribution < 1.29 is 4.79 Å². The molecule has 4 rings (SSSR count). The first kappa shape index (κ1) is 21.8. The van der Waals surface area contributed by atoms with Crippen LogP contribution in [-0.4, -0.2) is 45.0 Å². The van der Waals surface area contributed by atoms with Crippen LogP contribution in [0.25, 0.3) is 16.6 Å². The number of nitrogens with zero attached hydrogens (tertiary/aromatic N) is 4. The summed E-state index contributed by atoms with van der Waals surface area (Å²) in [6.45, 7) is 10.7. The number of hydrogen-bond donors (Lipinski definition) is 1. The zero-order valence-electron chi connectivity index (χ0n) is 18.6. The molecule has 30 heavy (non-hydrogen) atoms. The van der Waals surface area contributed by atoms with Crippen molar-refractivity contribution >= 4 is 22.6 Å². The Labute approximate surface area is 179 Å². The monoisotopic (exact) mass is 407 g/mol. The number of likely N-dealkylation sites (tertiary alicyclic amines) is 1. The average Bonchev–Trinajstić information content (AvgIpc) is 3.46. The van der Waals surface area contributed by atoms with Gasteiger partial charge in [0.15, 0.2) is 0 Å². The fraction of sp³-hybridized carbons (Fsp3) is 0.458. The Morgan fingerprint density at radius 3 is 2.57 bits per heavy atom. The van der Waals surface area contributed by atoms with Crippen molar-refractivity contribution in [3.63, 3.8) is 0 Å². The maximum atomic E-state index is 13.0. The number of aryl methyl sites for hydroxylation is 1. The van der Waals surface area contributed by atoms with E-state index in [1.165, 1.54) is 0 Å². The van der Waals surface area contributed by atoms with E-state index in [4.69, 9.17) is 0 Å². The molecule has 3 heterocycles. The average molecular weight is 408 g/mol. The van der Waals surface area contributed by atoms with Crippen molar-refractivity contribution in [1.29, 1.82) is 0 Å². The first-order valence-corrected chi connectivity index (χ1v) is 11.2. The molecule has 0 saturated carbocycles. The lowest BCUT2D eigenvalue weighted by atomic mass is 10.1. The molecule has 0 radical (unpaired) electrons. The molecule has 6 nitrogen and oxygen atoms in total. The number of rotatable bonds is 6. The molecule has 1 amide bonds. The molecule has 6 heteroatoms. The van der Waals surface area contributed by atoms with Gasteiger partial charge >= 0.3 is 0 Å². The number of anilines is 1. The van der Waals surface area contributed by atoms with Gasteiger partial charge in [-0.1, -0.05) is 27.2 Å². The van der Waals surface area contributed by atoms with E-state index in [9.17, 15) is 4.79 Å². The molecule has 1 fully saturated rings. The molecular formula is C24H33N5O. The summed E-state index contributed by atoms with van der Waals surface area (Å²) in [5.74, 6) is 1.00. The van der Waals surface area contributed by atoms with Crippen molar-refractivity contribution in [3.8, 4) is 5.69 Å². The summed E-state index contributed by atoms with van der Waals surface area (Å²) in [6, 6.07) is 6.15. The van der Waals surface area contributed by atoms with Gasteiger partial charge in [-0.05, 0) is 49.9 Å². The highest BCUT2D eigenvalue weighted by molar-refractivity contribution is 5.96. The van der Waals surface area contributed by atoms with Crippen molar-refractivity contribution in [2.45, 2.75) is 53.4 Å². The van der Waals surface area contributed by atoms with Gasteiger partial charge in [-0.2, -0.15) is 0 Å². The van der Waals surface area contributed by atoms with Crippen LogP contribution in [0.15, 0.2) is 36.9 Å². The van der Waals surface area contributed by atoms with E-state index in [0.717, 1.165) is 78.9 Å². The fourth-order valence-corrected chi connectivity index (χ4v) is 3.91. The Bertz CT molecular complexity index is 988. The Kier molecular flexibility index (Phi) is 7.44. The van der Waals surface area contributed by atoms with Gasteiger partial charge in [0.25, 0.3) is 5.91 Å². The summed E-state index contributed by atoms with van der Waals surface area (Å²) in [7, 11) is 0. The van der Waals surface area contributed by atoms with Gasteiger partial charge in [0.05, 0.1) is 11.1 Å². The Morgan fingerprint density at radius 1 is 1.10 bits per heavy atom. The van der Waals surface area contributed by atoms with Crippen LogP contribution in [0.3, 0.4) is 0 Å². The van der Waals surface area contributed by atoms with E-state index >= 15 is 0 Å². The third-order valence-corrected chi connectivity index (χ3v) is 5.31. The molecule has 1 aromatic carbocycles. The molecule has 0 bridgehead atoms. The second kappa shape index (κ2) is 10.2. The lowest BCUT2D eigenvalue weighted by molar-refractivity contribution is 0.0792. The van der Waals surface area contributed by atoms with Crippen LogP contribution < -0.4 is 5.32 Å². The van der Waals surface area contributed by atoms with Gasteiger partial charge in [-0.3, -0.25) is 4.79 Å². The van der Waals surface area contributed by atoms with E-state index in [1.807, 2.05) is 37.1 Å². The maximum absolute atomic E-state index is 13.0. The van der Waals surface area contributed by atoms with Crippen LogP contribution in [0.4, 0.5) is 5.82 Å². The number of nitrogens with one attached hydrogen (secondary N) is 1. The minimum absolute atomic E-state index is 0.164. The fourth-order valence-electron chi connectivity index (χ4n) is 3.91. The van der Waals surface area contributed by atoms with Crippen LogP contribution in [0.5, 0.6) is 0 Å². The molecule has 1 aliphatic heterocycles. The number of carbonyl (C=O) groups excluding carboxylic acids is 1. The van der Waals surface area contributed by atoms with Crippen molar-refractivity contribution in [3.05, 3.63) is 48.0 Å². The highest BCUT2D eigenvalue weighted by atomic mass is 16.2. The van der Waals surface area contributed by atoms with Crippen LogP contribution in [-0.2, 0) is 6.42 Å². The minimum atomic E-state index is 0.164. The summed E-state index contributed by atoms with van der Waals surface area (Å²) in [6.07, 6.45) is 9.80. The standard InChI is InChI=1S/C22H27N5O.C2H6/c1-3-7-16-13-27(14-19(16)22(28)26-10-5-6-11-26)17-8-9-20-18(12-17)21(23-4-2)25-15-24-20;1-2/h8-9,12-15H,3-7,10-11H2,1-2H3,(H,23,24,25);1-2H3. The normalized spacial score (nSPS) is 13.3. The molecule has 160 valence electrons. The molecule has 0 atom stereocenters. The Morgan fingerprint density at radius 2 is 1.87 bits per heavy atom. The summed E-state index contributed by atoms with van der Waals surface area (Å²) in [4.78, 5) is 23.7. The molecule has 1 N–H and O–H groups in total. The summed E-state index contributed by atoms with van der Waals surface area (Å²) >= 11 is 0. The first-order valence-electron chi connectivity index (χ1n) is 11.2. The maximum Gasteiger partial charge on any atom is 0.255 e. The summed E-state index contributed by atoms with van der Waals surface area (Å²) in [5.41, 5.74) is 3.87. The number of amides is 1. The number of benzene rings is 1. The summed E-state index contributed by atoms with van der Waals surface area (Å²) < 4.78 is 2.07. The largest absolute Gasteiger partial charge is 0.370 e. The molecule has 1 saturated heterocycles. The number of aromatic nitrogens is 3. The molecule has 2 aromatic heterocycles. The molecule has 0 unspecified atom stereocenters.